The van der Waals surface area contributed by atoms with Gasteiger partial charge in [-0.25, -0.2) is 4.98 Å². The average molecular weight is 364 g/mol. The third-order valence-corrected chi connectivity index (χ3v) is 4.73. The summed E-state index contributed by atoms with van der Waals surface area (Å²) in [5.41, 5.74) is 1.99. The molecule has 3 rings (SSSR count). The van der Waals surface area contributed by atoms with Crippen molar-refractivity contribution in [1.82, 2.24) is 9.97 Å². The van der Waals surface area contributed by atoms with E-state index in [1.807, 2.05) is 25.1 Å². The molecule has 0 saturated carbocycles. The molecule has 1 N–H and O–H groups in total. The van der Waals surface area contributed by atoms with Crippen LogP contribution in [0.2, 0.25) is 10.0 Å². The number of thiazole rings is 1. The van der Waals surface area contributed by atoms with Crippen LogP contribution in [0.15, 0.2) is 42.6 Å². The number of nitrogens with one attached hydrogen (secondary N) is 1. The Kier molecular flexibility index (Phi) is 4.61. The first kappa shape index (κ1) is 15.9. The van der Waals surface area contributed by atoms with Crippen LogP contribution in [0.25, 0.3) is 10.6 Å². The van der Waals surface area contributed by atoms with Crippen LogP contribution < -0.4 is 5.32 Å². The molecule has 23 heavy (non-hydrogen) atoms. The van der Waals surface area contributed by atoms with Crippen molar-refractivity contribution >= 4 is 45.6 Å². The van der Waals surface area contributed by atoms with E-state index in [1.54, 1.807) is 18.3 Å². The second kappa shape index (κ2) is 6.66. The van der Waals surface area contributed by atoms with Gasteiger partial charge in [0.2, 0.25) is 0 Å². The van der Waals surface area contributed by atoms with Crippen molar-refractivity contribution in [2.75, 3.05) is 5.32 Å². The number of aryl methyl sites for hydroxylation is 1. The Balaban J connectivity index is 1.85. The van der Waals surface area contributed by atoms with Crippen LogP contribution in [0.5, 0.6) is 0 Å². The van der Waals surface area contributed by atoms with E-state index in [4.69, 9.17) is 23.2 Å². The van der Waals surface area contributed by atoms with E-state index in [-0.39, 0.29) is 5.91 Å². The molecule has 0 fully saturated rings. The van der Waals surface area contributed by atoms with Crippen LogP contribution in [0.1, 0.15) is 16.1 Å². The lowest BCUT2D eigenvalue weighted by molar-refractivity contribution is 0.102. The number of anilines is 1. The number of halogens is 2. The number of benzene rings is 1. The predicted octanol–water partition coefficient (Wildman–Crippen LogP) is 5.07. The Morgan fingerprint density at radius 1 is 1.22 bits per heavy atom. The number of aromatic nitrogens is 2. The summed E-state index contributed by atoms with van der Waals surface area (Å²) in [6.45, 7) is 1.88. The largest absolute Gasteiger partial charge is 0.298 e. The van der Waals surface area contributed by atoms with Crippen LogP contribution >= 0.6 is 34.5 Å². The number of rotatable bonds is 3. The van der Waals surface area contributed by atoms with E-state index in [2.05, 4.69) is 15.3 Å². The fourth-order valence-corrected chi connectivity index (χ4v) is 3.46. The molecule has 0 spiro atoms. The molecule has 0 radical (unpaired) electrons. The van der Waals surface area contributed by atoms with Gasteiger partial charge in [0, 0.05) is 11.2 Å². The molecule has 0 aliphatic heterocycles. The smallest absolute Gasteiger partial charge is 0.258 e. The fourth-order valence-electron chi connectivity index (χ4n) is 2.02. The Morgan fingerprint density at radius 3 is 2.74 bits per heavy atom. The molecule has 0 unspecified atom stereocenters. The van der Waals surface area contributed by atoms with E-state index in [1.165, 1.54) is 17.4 Å². The Hall–Kier alpha value is -1.95. The molecular weight excluding hydrogens is 353 g/mol. The highest BCUT2D eigenvalue weighted by atomic mass is 35.5. The third-order valence-electron chi connectivity index (χ3n) is 3.09. The number of carbonyl (C=O) groups is 1. The second-order valence-electron chi connectivity index (χ2n) is 4.73. The first-order valence-electron chi connectivity index (χ1n) is 6.70. The quantitative estimate of drug-likeness (QED) is 0.706. The minimum atomic E-state index is -0.326. The highest BCUT2D eigenvalue weighted by Gasteiger charge is 2.15. The highest BCUT2D eigenvalue weighted by molar-refractivity contribution is 7.19. The lowest BCUT2D eigenvalue weighted by Gasteiger charge is -2.04. The number of pyridine rings is 1. The standard InChI is InChI=1S/C16H11Cl2N3OS/c1-9-14(13-4-2-3-7-19-13)23-16(20-9)21-15(22)11-6-5-10(17)8-12(11)18/h2-8H,1H3,(H,20,21,22). The van der Waals surface area contributed by atoms with Gasteiger partial charge in [-0.15, -0.1) is 0 Å². The zero-order valence-electron chi connectivity index (χ0n) is 12.0. The van der Waals surface area contributed by atoms with Gasteiger partial charge in [-0.1, -0.05) is 40.6 Å². The van der Waals surface area contributed by atoms with Gasteiger partial charge in [-0.3, -0.25) is 15.1 Å². The summed E-state index contributed by atoms with van der Waals surface area (Å²) < 4.78 is 0. The van der Waals surface area contributed by atoms with Crippen molar-refractivity contribution in [1.29, 1.82) is 0 Å². The maximum Gasteiger partial charge on any atom is 0.258 e. The minimum Gasteiger partial charge on any atom is -0.298 e. The molecule has 1 aromatic carbocycles. The zero-order chi connectivity index (χ0) is 16.4. The molecule has 2 aromatic heterocycles. The van der Waals surface area contributed by atoms with Gasteiger partial charge in [-0.2, -0.15) is 0 Å². The highest BCUT2D eigenvalue weighted by Crippen LogP contribution is 2.32. The molecule has 116 valence electrons. The maximum atomic E-state index is 12.3. The van der Waals surface area contributed by atoms with Crippen molar-refractivity contribution in [3.63, 3.8) is 0 Å². The molecular formula is C16H11Cl2N3OS. The Bertz CT molecular complexity index is 865. The summed E-state index contributed by atoms with van der Waals surface area (Å²) in [4.78, 5) is 21.9. The van der Waals surface area contributed by atoms with Crippen molar-refractivity contribution in [2.45, 2.75) is 6.92 Å². The molecule has 4 nitrogen and oxygen atoms in total. The van der Waals surface area contributed by atoms with Crippen molar-refractivity contribution in [3.05, 3.63) is 63.9 Å². The van der Waals surface area contributed by atoms with Gasteiger partial charge < -0.3 is 0 Å². The number of hydrogen-bond acceptors (Lipinski definition) is 4. The molecule has 7 heteroatoms. The Morgan fingerprint density at radius 2 is 2.04 bits per heavy atom. The molecule has 1 amide bonds. The lowest BCUT2D eigenvalue weighted by atomic mass is 10.2. The van der Waals surface area contributed by atoms with Crippen molar-refractivity contribution in [2.24, 2.45) is 0 Å². The molecule has 0 aliphatic carbocycles. The van der Waals surface area contributed by atoms with Crippen molar-refractivity contribution in [3.8, 4) is 10.6 Å². The van der Waals surface area contributed by atoms with Gasteiger partial charge in [-0.05, 0) is 37.3 Å². The number of carbonyl (C=O) groups excluding carboxylic acids is 1. The van der Waals surface area contributed by atoms with E-state index >= 15 is 0 Å². The maximum absolute atomic E-state index is 12.3. The Labute approximate surface area is 147 Å². The van der Waals surface area contributed by atoms with Crippen molar-refractivity contribution < 1.29 is 4.79 Å². The molecule has 0 aliphatic rings. The van der Waals surface area contributed by atoms with Gasteiger partial charge >= 0.3 is 0 Å². The van der Waals surface area contributed by atoms with E-state index in [0.717, 1.165) is 16.3 Å². The van der Waals surface area contributed by atoms with Crippen LogP contribution in [0, 0.1) is 6.92 Å². The van der Waals surface area contributed by atoms with Gasteiger partial charge in [0.25, 0.3) is 5.91 Å². The normalized spacial score (nSPS) is 10.6. The van der Waals surface area contributed by atoms with Gasteiger partial charge in [0.1, 0.15) is 0 Å². The lowest BCUT2D eigenvalue weighted by Crippen LogP contribution is -2.12. The molecule has 0 saturated heterocycles. The summed E-state index contributed by atoms with van der Waals surface area (Å²) in [5, 5.41) is 4.04. The molecule has 0 bridgehead atoms. The predicted molar refractivity (Wildman–Crippen MR) is 94.5 cm³/mol. The van der Waals surface area contributed by atoms with E-state index < -0.39 is 0 Å². The van der Waals surface area contributed by atoms with E-state index in [9.17, 15) is 4.79 Å². The second-order valence-corrected chi connectivity index (χ2v) is 6.57. The molecule has 0 atom stereocenters. The fraction of sp³-hybridized carbons (Fsp3) is 0.0625. The van der Waals surface area contributed by atoms with Crippen LogP contribution in [-0.4, -0.2) is 15.9 Å². The number of nitrogens with zero attached hydrogens (tertiary/aromatic N) is 2. The summed E-state index contributed by atoms with van der Waals surface area (Å²) in [7, 11) is 0. The van der Waals surface area contributed by atoms with Crippen LogP contribution in [0.4, 0.5) is 5.13 Å². The minimum absolute atomic E-state index is 0.299. The summed E-state index contributed by atoms with van der Waals surface area (Å²) >= 11 is 13.3. The van der Waals surface area contributed by atoms with Crippen LogP contribution in [0.3, 0.4) is 0 Å². The summed E-state index contributed by atoms with van der Waals surface area (Å²) in [6, 6.07) is 10.4. The first-order chi connectivity index (χ1) is 11.0. The third kappa shape index (κ3) is 3.52. The topological polar surface area (TPSA) is 54.9 Å². The zero-order valence-corrected chi connectivity index (χ0v) is 14.3. The summed E-state index contributed by atoms with van der Waals surface area (Å²) in [6.07, 6.45) is 1.72. The number of amides is 1. The van der Waals surface area contributed by atoms with Gasteiger partial charge in [0.15, 0.2) is 5.13 Å². The SMILES string of the molecule is Cc1nc(NC(=O)c2ccc(Cl)cc2Cl)sc1-c1ccccn1. The first-order valence-corrected chi connectivity index (χ1v) is 8.27. The number of hydrogen-bond donors (Lipinski definition) is 1. The van der Waals surface area contributed by atoms with Crippen LogP contribution in [-0.2, 0) is 0 Å². The summed E-state index contributed by atoms with van der Waals surface area (Å²) in [5.74, 6) is -0.326. The molecule has 2 heterocycles. The monoisotopic (exact) mass is 363 g/mol. The molecule has 3 aromatic rings. The van der Waals surface area contributed by atoms with E-state index in [0.29, 0.717) is 20.7 Å². The average Bonchev–Trinajstić information content (AvgIpc) is 2.88. The van der Waals surface area contributed by atoms with Gasteiger partial charge in [0.05, 0.1) is 26.9 Å².